The van der Waals surface area contributed by atoms with Crippen molar-refractivity contribution in [1.82, 2.24) is 9.97 Å². The highest BCUT2D eigenvalue weighted by molar-refractivity contribution is 7.99. The largest absolute Gasteiger partial charge is 0.282 e. The normalized spacial score (nSPS) is 11.0. The van der Waals surface area contributed by atoms with Crippen LogP contribution in [-0.4, -0.2) is 21.6 Å². The van der Waals surface area contributed by atoms with Gasteiger partial charge in [-0.25, -0.2) is 13.8 Å². The van der Waals surface area contributed by atoms with E-state index in [0.29, 0.717) is 15.6 Å². The van der Waals surface area contributed by atoms with Gasteiger partial charge in [0.05, 0.1) is 16.9 Å². The molecule has 4 rings (SSSR count). The average Bonchev–Trinajstić information content (AvgIpc) is 3.19. The van der Waals surface area contributed by atoms with E-state index in [1.54, 1.807) is 35.4 Å². The van der Waals surface area contributed by atoms with E-state index in [4.69, 9.17) is 0 Å². The first kappa shape index (κ1) is 20.4. The third-order valence-corrected chi connectivity index (χ3v) is 6.39. The molecule has 4 aromatic rings. The van der Waals surface area contributed by atoms with Crippen LogP contribution in [0, 0.1) is 11.6 Å². The molecule has 2 heterocycles. The Hall–Kier alpha value is -2.84. The first-order valence-corrected chi connectivity index (χ1v) is 11.0. The first-order chi connectivity index (χ1) is 14.6. The van der Waals surface area contributed by atoms with E-state index in [0.717, 1.165) is 10.6 Å². The van der Waals surface area contributed by atoms with Crippen molar-refractivity contribution in [3.8, 4) is 0 Å². The molecule has 4 nitrogen and oxygen atoms in total. The van der Waals surface area contributed by atoms with Crippen LogP contribution in [0.4, 0.5) is 13.9 Å². The molecule has 0 fully saturated rings. The number of carbonyl (C=O) groups is 1. The van der Waals surface area contributed by atoms with Crippen molar-refractivity contribution in [1.29, 1.82) is 0 Å². The van der Waals surface area contributed by atoms with Gasteiger partial charge in [-0.05, 0) is 48.5 Å². The van der Waals surface area contributed by atoms with Crippen LogP contribution in [0.15, 0.2) is 71.8 Å². The van der Waals surface area contributed by atoms with E-state index in [1.807, 2.05) is 18.2 Å². The second-order valence-corrected chi connectivity index (χ2v) is 8.61. The van der Waals surface area contributed by atoms with E-state index in [9.17, 15) is 13.6 Å². The van der Waals surface area contributed by atoms with Crippen LogP contribution >= 0.6 is 23.1 Å². The van der Waals surface area contributed by atoms with Crippen LogP contribution in [0.3, 0.4) is 0 Å². The standard InChI is InChI=1S/C22H17F2N3OS2/c23-15-7-9-17(10-8-15)29-13-11-20(28)27(14-16-4-1-2-12-25-16)22-26-21-18(24)5-3-6-19(21)30-22/h1-10,12H,11,13-14H2. The van der Waals surface area contributed by atoms with E-state index in [2.05, 4.69) is 9.97 Å². The number of carbonyl (C=O) groups excluding carboxylic acids is 1. The SMILES string of the molecule is O=C(CCSc1ccc(F)cc1)N(Cc1ccccn1)c1nc2c(F)cccc2s1. The van der Waals surface area contributed by atoms with Crippen molar-refractivity contribution in [3.05, 3.63) is 84.2 Å². The molecule has 0 aliphatic heterocycles. The number of nitrogens with zero attached hydrogens (tertiary/aromatic N) is 3. The fraction of sp³-hybridized carbons (Fsp3) is 0.136. The Bertz CT molecular complexity index is 1150. The number of amides is 1. The molecular formula is C22H17F2N3OS2. The summed E-state index contributed by atoms with van der Waals surface area (Å²) < 4.78 is 27.8. The number of halogens is 2. The Balaban J connectivity index is 1.53. The highest BCUT2D eigenvalue weighted by Crippen LogP contribution is 2.31. The lowest BCUT2D eigenvalue weighted by Gasteiger charge is -2.19. The summed E-state index contributed by atoms with van der Waals surface area (Å²) in [5, 5.41) is 0.442. The number of fused-ring (bicyclic) bond motifs is 1. The highest BCUT2D eigenvalue weighted by atomic mass is 32.2. The molecule has 0 radical (unpaired) electrons. The summed E-state index contributed by atoms with van der Waals surface area (Å²) in [6.07, 6.45) is 1.92. The predicted octanol–water partition coefficient (Wildman–Crippen LogP) is 5.69. The zero-order chi connectivity index (χ0) is 20.9. The first-order valence-electron chi connectivity index (χ1n) is 9.24. The molecule has 0 saturated carbocycles. The molecule has 2 aromatic heterocycles. The molecule has 0 atom stereocenters. The summed E-state index contributed by atoms with van der Waals surface area (Å²) in [4.78, 5) is 24.2. The average molecular weight is 442 g/mol. The third kappa shape index (κ3) is 4.83. The fourth-order valence-corrected chi connectivity index (χ4v) is 4.69. The summed E-state index contributed by atoms with van der Waals surface area (Å²) in [5.74, 6) is -0.301. The third-order valence-electron chi connectivity index (χ3n) is 4.33. The molecule has 0 saturated heterocycles. The molecular weight excluding hydrogens is 424 g/mol. The Morgan fingerprint density at radius 3 is 2.60 bits per heavy atom. The molecule has 1 amide bonds. The maximum atomic E-state index is 14.1. The molecule has 0 aliphatic rings. The van der Waals surface area contributed by atoms with Gasteiger partial charge in [0, 0.05) is 23.3 Å². The molecule has 30 heavy (non-hydrogen) atoms. The van der Waals surface area contributed by atoms with E-state index in [-0.39, 0.29) is 30.2 Å². The molecule has 0 unspecified atom stereocenters. The minimum Gasteiger partial charge on any atom is -0.282 e. The van der Waals surface area contributed by atoms with Gasteiger partial charge in [0.1, 0.15) is 17.2 Å². The predicted molar refractivity (Wildman–Crippen MR) is 117 cm³/mol. The molecule has 0 N–H and O–H groups in total. The lowest BCUT2D eigenvalue weighted by Crippen LogP contribution is -2.30. The smallest absolute Gasteiger partial charge is 0.229 e. The Labute approximate surface area is 180 Å². The van der Waals surface area contributed by atoms with Gasteiger partial charge >= 0.3 is 0 Å². The number of pyridine rings is 1. The van der Waals surface area contributed by atoms with Gasteiger partial charge in [0.25, 0.3) is 0 Å². The van der Waals surface area contributed by atoms with Gasteiger partial charge in [-0.15, -0.1) is 11.8 Å². The quantitative estimate of drug-likeness (QED) is 0.346. The van der Waals surface area contributed by atoms with Gasteiger partial charge in [0.2, 0.25) is 5.91 Å². The monoisotopic (exact) mass is 441 g/mol. The Morgan fingerprint density at radius 1 is 1.03 bits per heavy atom. The summed E-state index contributed by atoms with van der Waals surface area (Å²) in [7, 11) is 0. The molecule has 8 heteroatoms. The molecule has 0 aliphatic carbocycles. The number of rotatable bonds is 7. The van der Waals surface area contributed by atoms with Crippen LogP contribution in [-0.2, 0) is 11.3 Å². The van der Waals surface area contributed by atoms with Gasteiger partial charge in [0.15, 0.2) is 5.13 Å². The Kier molecular flexibility index (Phi) is 6.35. The number of thioether (sulfide) groups is 1. The van der Waals surface area contributed by atoms with E-state index in [1.165, 1.54) is 41.3 Å². The van der Waals surface area contributed by atoms with Crippen molar-refractivity contribution in [2.24, 2.45) is 0 Å². The molecule has 0 spiro atoms. The maximum absolute atomic E-state index is 14.1. The number of hydrogen-bond donors (Lipinski definition) is 0. The van der Waals surface area contributed by atoms with Crippen molar-refractivity contribution < 1.29 is 13.6 Å². The number of anilines is 1. The summed E-state index contributed by atoms with van der Waals surface area (Å²) in [6, 6.07) is 16.4. The van der Waals surface area contributed by atoms with Crippen molar-refractivity contribution >= 4 is 44.4 Å². The topological polar surface area (TPSA) is 46.1 Å². The Morgan fingerprint density at radius 2 is 1.87 bits per heavy atom. The van der Waals surface area contributed by atoms with Crippen molar-refractivity contribution in [3.63, 3.8) is 0 Å². The fourth-order valence-electron chi connectivity index (χ4n) is 2.86. The summed E-state index contributed by atoms with van der Waals surface area (Å²) in [5.41, 5.74) is 0.980. The number of aromatic nitrogens is 2. The lowest BCUT2D eigenvalue weighted by molar-refractivity contribution is -0.118. The second kappa shape index (κ2) is 9.32. The second-order valence-electron chi connectivity index (χ2n) is 6.44. The van der Waals surface area contributed by atoms with Gasteiger partial charge < -0.3 is 0 Å². The zero-order valence-corrected chi connectivity index (χ0v) is 17.4. The highest BCUT2D eigenvalue weighted by Gasteiger charge is 2.21. The molecule has 0 bridgehead atoms. The van der Waals surface area contributed by atoms with Gasteiger partial charge in [-0.2, -0.15) is 0 Å². The van der Waals surface area contributed by atoms with E-state index < -0.39 is 5.82 Å². The van der Waals surface area contributed by atoms with E-state index >= 15 is 0 Å². The van der Waals surface area contributed by atoms with Crippen molar-refractivity contribution in [2.75, 3.05) is 10.7 Å². The summed E-state index contributed by atoms with van der Waals surface area (Å²) in [6.45, 7) is 0.252. The lowest BCUT2D eigenvalue weighted by atomic mass is 10.3. The van der Waals surface area contributed by atoms with Crippen LogP contribution in [0.25, 0.3) is 10.2 Å². The van der Waals surface area contributed by atoms with Crippen LogP contribution < -0.4 is 4.90 Å². The number of para-hydroxylation sites is 1. The van der Waals surface area contributed by atoms with Gasteiger partial charge in [-0.3, -0.25) is 14.7 Å². The minimum absolute atomic E-state index is 0.130. The maximum Gasteiger partial charge on any atom is 0.229 e. The van der Waals surface area contributed by atoms with Gasteiger partial charge in [-0.1, -0.05) is 23.5 Å². The van der Waals surface area contributed by atoms with Crippen LogP contribution in [0.5, 0.6) is 0 Å². The minimum atomic E-state index is -0.410. The van der Waals surface area contributed by atoms with Crippen LogP contribution in [0.2, 0.25) is 0 Å². The number of benzene rings is 2. The van der Waals surface area contributed by atoms with Crippen LogP contribution in [0.1, 0.15) is 12.1 Å². The molecule has 152 valence electrons. The number of thiazole rings is 1. The zero-order valence-electron chi connectivity index (χ0n) is 15.8. The number of hydrogen-bond acceptors (Lipinski definition) is 5. The molecule has 2 aromatic carbocycles. The van der Waals surface area contributed by atoms with Crippen molar-refractivity contribution in [2.45, 2.75) is 17.9 Å². The summed E-state index contributed by atoms with van der Waals surface area (Å²) >= 11 is 2.75.